The Kier molecular flexibility index (Phi) is 5.49. The quantitative estimate of drug-likeness (QED) is 0.648. The predicted molar refractivity (Wildman–Crippen MR) is 62.3 cm³/mol. The van der Waals surface area contributed by atoms with E-state index in [1.165, 1.54) is 38.6 Å². The highest BCUT2D eigenvalue weighted by Crippen LogP contribution is 2.32. The third-order valence-corrected chi connectivity index (χ3v) is 3.40. The molecule has 0 atom stereocenters. The largest absolute Gasteiger partial charge is 0.329 e. The molecule has 1 rings (SSSR count). The van der Waals surface area contributed by atoms with E-state index in [-0.39, 0.29) is 0 Å². The van der Waals surface area contributed by atoms with Crippen molar-refractivity contribution in [3.8, 4) is 0 Å². The molecule has 0 aliphatic heterocycles. The van der Waals surface area contributed by atoms with Gasteiger partial charge in [0.05, 0.1) is 0 Å². The van der Waals surface area contributed by atoms with E-state index in [9.17, 15) is 0 Å². The number of nitrogens with two attached hydrogens (primary N) is 1. The summed E-state index contributed by atoms with van der Waals surface area (Å²) in [5.74, 6) is 1.05. The van der Waals surface area contributed by atoms with Crippen LogP contribution >= 0.6 is 0 Å². The van der Waals surface area contributed by atoms with Gasteiger partial charge in [0, 0.05) is 19.1 Å². The van der Waals surface area contributed by atoms with Gasteiger partial charge in [-0.25, -0.2) is 0 Å². The highest BCUT2D eigenvalue weighted by molar-refractivity contribution is 4.77. The third-order valence-electron chi connectivity index (χ3n) is 3.40. The zero-order valence-electron chi connectivity index (χ0n) is 9.84. The third kappa shape index (κ3) is 3.97. The molecule has 84 valence electrons. The normalized spacial score (nSPS) is 16.9. The molecule has 0 spiro atoms. The van der Waals surface area contributed by atoms with Crippen LogP contribution in [0.25, 0.3) is 0 Å². The monoisotopic (exact) mass is 198 g/mol. The van der Waals surface area contributed by atoms with E-state index in [0.717, 1.165) is 25.0 Å². The standard InChI is InChI=1S/C12H26N2/c1-3-12(4-2)14(10-8-13)9-7-11-5-6-11/h11-12H,3-10,13H2,1-2H3. The minimum Gasteiger partial charge on any atom is -0.329 e. The molecular weight excluding hydrogens is 172 g/mol. The molecule has 2 heteroatoms. The zero-order chi connectivity index (χ0) is 10.4. The van der Waals surface area contributed by atoms with Crippen LogP contribution in [0, 0.1) is 5.92 Å². The molecule has 0 aromatic heterocycles. The SMILES string of the molecule is CCC(CC)N(CCN)CCC1CC1. The van der Waals surface area contributed by atoms with Crippen LogP contribution in [0.4, 0.5) is 0 Å². The van der Waals surface area contributed by atoms with Crippen molar-refractivity contribution in [3.63, 3.8) is 0 Å². The van der Waals surface area contributed by atoms with Gasteiger partial charge in [-0.1, -0.05) is 26.7 Å². The van der Waals surface area contributed by atoms with Crippen LogP contribution in [-0.4, -0.2) is 30.6 Å². The summed E-state index contributed by atoms with van der Waals surface area (Å²) < 4.78 is 0. The van der Waals surface area contributed by atoms with Crippen LogP contribution in [-0.2, 0) is 0 Å². The fourth-order valence-corrected chi connectivity index (χ4v) is 2.20. The maximum absolute atomic E-state index is 5.66. The summed E-state index contributed by atoms with van der Waals surface area (Å²) in [6.07, 6.45) is 6.87. The van der Waals surface area contributed by atoms with Crippen LogP contribution in [0.1, 0.15) is 46.0 Å². The van der Waals surface area contributed by atoms with Gasteiger partial charge in [-0.2, -0.15) is 0 Å². The summed E-state index contributed by atoms with van der Waals surface area (Å²) in [6.45, 7) is 7.73. The molecule has 1 saturated carbocycles. The fraction of sp³-hybridized carbons (Fsp3) is 1.00. The lowest BCUT2D eigenvalue weighted by atomic mass is 10.1. The van der Waals surface area contributed by atoms with E-state index >= 15 is 0 Å². The van der Waals surface area contributed by atoms with Crippen molar-refractivity contribution < 1.29 is 0 Å². The second-order valence-electron chi connectivity index (χ2n) is 4.53. The fourth-order valence-electron chi connectivity index (χ4n) is 2.20. The average molecular weight is 198 g/mol. The Morgan fingerprint density at radius 3 is 2.29 bits per heavy atom. The first kappa shape index (κ1) is 12.0. The second-order valence-corrected chi connectivity index (χ2v) is 4.53. The first-order valence-electron chi connectivity index (χ1n) is 6.25. The molecule has 1 fully saturated rings. The highest BCUT2D eigenvalue weighted by atomic mass is 15.2. The number of hydrogen-bond donors (Lipinski definition) is 1. The predicted octanol–water partition coefficient (Wildman–Crippen LogP) is 2.24. The van der Waals surface area contributed by atoms with E-state index < -0.39 is 0 Å². The first-order valence-corrected chi connectivity index (χ1v) is 6.25. The van der Waals surface area contributed by atoms with E-state index in [1.54, 1.807) is 0 Å². The smallest absolute Gasteiger partial charge is 0.0108 e. The van der Waals surface area contributed by atoms with Gasteiger partial charge in [-0.3, -0.25) is 4.90 Å². The Labute approximate surface area is 88.8 Å². The van der Waals surface area contributed by atoms with Crippen molar-refractivity contribution in [1.82, 2.24) is 4.90 Å². The van der Waals surface area contributed by atoms with E-state index in [2.05, 4.69) is 18.7 Å². The Morgan fingerprint density at radius 2 is 1.86 bits per heavy atom. The molecule has 0 heterocycles. The molecule has 14 heavy (non-hydrogen) atoms. The molecule has 0 amide bonds. The van der Waals surface area contributed by atoms with Crippen molar-refractivity contribution >= 4 is 0 Å². The van der Waals surface area contributed by atoms with Crippen molar-refractivity contribution in [1.29, 1.82) is 0 Å². The van der Waals surface area contributed by atoms with Gasteiger partial charge >= 0.3 is 0 Å². The molecule has 2 nitrogen and oxygen atoms in total. The number of rotatable bonds is 8. The van der Waals surface area contributed by atoms with Crippen LogP contribution < -0.4 is 5.73 Å². The zero-order valence-corrected chi connectivity index (χ0v) is 9.84. The Balaban J connectivity index is 2.26. The first-order chi connectivity index (χ1) is 6.81. The van der Waals surface area contributed by atoms with E-state index in [4.69, 9.17) is 5.73 Å². The number of nitrogens with zero attached hydrogens (tertiary/aromatic N) is 1. The Morgan fingerprint density at radius 1 is 1.21 bits per heavy atom. The van der Waals surface area contributed by atoms with Gasteiger partial charge in [-0.05, 0) is 31.7 Å². The Hall–Kier alpha value is -0.0800. The van der Waals surface area contributed by atoms with Gasteiger partial charge in [0.25, 0.3) is 0 Å². The van der Waals surface area contributed by atoms with Crippen LogP contribution in [0.5, 0.6) is 0 Å². The molecule has 1 aliphatic carbocycles. The maximum atomic E-state index is 5.66. The summed E-state index contributed by atoms with van der Waals surface area (Å²) in [7, 11) is 0. The second kappa shape index (κ2) is 6.41. The average Bonchev–Trinajstić information content (AvgIpc) is 2.99. The molecular formula is C12H26N2. The number of hydrogen-bond acceptors (Lipinski definition) is 2. The molecule has 0 unspecified atom stereocenters. The summed E-state index contributed by atoms with van der Waals surface area (Å²) in [6, 6.07) is 0.761. The summed E-state index contributed by atoms with van der Waals surface area (Å²) in [4.78, 5) is 2.60. The summed E-state index contributed by atoms with van der Waals surface area (Å²) >= 11 is 0. The Bertz CT molecular complexity index is 139. The van der Waals surface area contributed by atoms with Gasteiger partial charge in [0.2, 0.25) is 0 Å². The molecule has 0 saturated heterocycles. The molecule has 1 aliphatic rings. The van der Waals surface area contributed by atoms with Gasteiger partial charge in [0.15, 0.2) is 0 Å². The minimum atomic E-state index is 0.761. The van der Waals surface area contributed by atoms with Crippen LogP contribution in [0.3, 0.4) is 0 Å². The maximum Gasteiger partial charge on any atom is 0.0108 e. The lowest BCUT2D eigenvalue weighted by Crippen LogP contribution is -2.39. The highest BCUT2D eigenvalue weighted by Gasteiger charge is 2.23. The lowest BCUT2D eigenvalue weighted by Gasteiger charge is -2.30. The van der Waals surface area contributed by atoms with Crippen molar-refractivity contribution in [3.05, 3.63) is 0 Å². The van der Waals surface area contributed by atoms with E-state index in [0.29, 0.717) is 0 Å². The minimum absolute atomic E-state index is 0.761. The summed E-state index contributed by atoms with van der Waals surface area (Å²) in [5, 5.41) is 0. The molecule has 0 aromatic carbocycles. The van der Waals surface area contributed by atoms with Gasteiger partial charge < -0.3 is 5.73 Å². The van der Waals surface area contributed by atoms with Crippen molar-refractivity contribution in [2.75, 3.05) is 19.6 Å². The van der Waals surface area contributed by atoms with Gasteiger partial charge in [0.1, 0.15) is 0 Å². The van der Waals surface area contributed by atoms with Crippen LogP contribution in [0.15, 0.2) is 0 Å². The van der Waals surface area contributed by atoms with Gasteiger partial charge in [-0.15, -0.1) is 0 Å². The summed E-state index contributed by atoms with van der Waals surface area (Å²) in [5.41, 5.74) is 5.66. The molecule has 0 bridgehead atoms. The molecule has 0 aromatic rings. The molecule has 2 N–H and O–H groups in total. The van der Waals surface area contributed by atoms with Crippen molar-refractivity contribution in [2.45, 2.75) is 52.0 Å². The topological polar surface area (TPSA) is 29.3 Å². The molecule has 0 radical (unpaired) electrons. The lowest BCUT2D eigenvalue weighted by molar-refractivity contribution is 0.185. The van der Waals surface area contributed by atoms with Crippen LogP contribution in [0.2, 0.25) is 0 Å². The van der Waals surface area contributed by atoms with E-state index in [1.807, 2.05) is 0 Å². The van der Waals surface area contributed by atoms with Crippen molar-refractivity contribution in [2.24, 2.45) is 11.7 Å².